The molecule has 0 spiro atoms. The third-order valence-electron chi connectivity index (χ3n) is 4.83. The minimum absolute atomic E-state index is 0. The number of hydrogen-bond donors (Lipinski definition) is 2. The minimum atomic E-state index is 0. The van der Waals surface area contributed by atoms with Crippen LogP contribution in [0.1, 0.15) is 29.5 Å². The molecule has 5 nitrogen and oxygen atoms in total. The van der Waals surface area contributed by atoms with Gasteiger partial charge in [0.25, 0.3) is 0 Å². The van der Waals surface area contributed by atoms with Crippen LogP contribution in [0.5, 0.6) is 0 Å². The Bertz CT molecular complexity index is 754. The van der Waals surface area contributed by atoms with Gasteiger partial charge in [0.05, 0.1) is 0 Å². The molecule has 0 unspecified atom stereocenters. The number of nitrogens with one attached hydrogen (secondary N) is 2. The van der Waals surface area contributed by atoms with Crippen LogP contribution in [0.4, 0.5) is 0 Å². The predicted molar refractivity (Wildman–Crippen MR) is 125 cm³/mol. The molecule has 2 aromatic rings. The van der Waals surface area contributed by atoms with E-state index in [0.29, 0.717) is 6.42 Å². The smallest absolute Gasteiger partial charge is 0.223 e. The standard InChI is InChI=1S/C22H28N4O.HI/c1-23-22(25-15-13-18-8-3-2-4-9-18)24-14-7-12-21(27)26-16-19-10-5-6-11-20(19)17-26;/h2-6,8-11H,7,12-17H2,1H3,(H2,23,24,25);1H. The van der Waals surface area contributed by atoms with E-state index in [1.807, 2.05) is 23.1 Å². The summed E-state index contributed by atoms with van der Waals surface area (Å²) in [4.78, 5) is 18.6. The molecular formula is C22H29IN4O. The van der Waals surface area contributed by atoms with Crippen LogP contribution < -0.4 is 10.6 Å². The van der Waals surface area contributed by atoms with Crippen LogP contribution in [0.25, 0.3) is 0 Å². The van der Waals surface area contributed by atoms with Crippen LogP contribution in [0.2, 0.25) is 0 Å². The summed E-state index contributed by atoms with van der Waals surface area (Å²) in [5, 5.41) is 6.60. The molecule has 3 rings (SSSR count). The Morgan fingerprint density at radius 3 is 2.21 bits per heavy atom. The van der Waals surface area contributed by atoms with Crippen LogP contribution in [0.15, 0.2) is 59.6 Å². The van der Waals surface area contributed by atoms with E-state index in [9.17, 15) is 4.79 Å². The fourth-order valence-corrected chi connectivity index (χ4v) is 3.30. The molecule has 0 radical (unpaired) electrons. The number of aliphatic imine (C=N–C) groups is 1. The molecule has 0 fully saturated rings. The number of carbonyl (C=O) groups excluding carboxylic acids is 1. The zero-order valence-corrected chi connectivity index (χ0v) is 18.7. The molecule has 0 bridgehead atoms. The quantitative estimate of drug-likeness (QED) is 0.270. The first-order chi connectivity index (χ1) is 13.3. The van der Waals surface area contributed by atoms with Crippen molar-refractivity contribution in [3.05, 3.63) is 71.3 Å². The summed E-state index contributed by atoms with van der Waals surface area (Å²) in [6.07, 6.45) is 2.31. The second-order valence-electron chi connectivity index (χ2n) is 6.78. The number of carbonyl (C=O) groups is 1. The Morgan fingerprint density at radius 2 is 1.57 bits per heavy atom. The molecule has 0 saturated carbocycles. The van der Waals surface area contributed by atoms with Crippen molar-refractivity contribution >= 4 is 35.8 Å². The van der Waals surface area contributed by atoms with Crippen LogP contribution >= 0.6 is 24.0 Å². The Morgan fingerprint density at radius 1 is 0.964 bits per heavy atom. The Kier molecular flexibility index (Phi) is 9.27. The van der Waals surface area contributed by atoms with E-state index < -0.39 is 0 Å². The van der Waals surface area contributed by atoms with E-state index in [4.69, 9.17) is 0 Å². The molecular weight excluding hydrogens is 463 g/mol. The summed E-state index contributed by atoms with van der Waals surface area (Å²) < 4.78 is 0. The van der Waals surface area contributed by atoms with E-state index in [1.165, 1.54) is 16.7 Å². The van der Waals surface area contributed by atoms with Gasteiger partial charge in [0, 0.05) is 39.6 Å². The normalized spacial score (nSPS) is 12.9. The van der Waals surface area contributed by atoms with E-state index >= 15 is 0 Å². The third-order valence-corrected chi connectivity index (χ3v) is 4.83. The SMILES string of the molecule is CN=C(NCCCC(=O)N1Cc2ccccc2C1)NCCc1ccccc1.I. The highest BCUT2D eigenvalue weighted by Gasteiger charge is 2.22. The van der Waals surface area contributed by atoms with E-state index in [2.05, 4.69) is 52.0 Å². The van der Waals surface area contributed by atoms with Crippen LogP contribution in [-0.4, -0.2) is 36.9 Å². The maximum Gasteiger partial charge on any atom is 0.223 e. The lowest BCUT2D eigenvalue weighted by Gasteiger charge is -2.16. The van der Waals surface area contributed by atoms with Crippen molar-refractivity contribution in [1.82, 2.24) is 15.5 Å². The number of nitrogens with zero attached hydrogens (tertiary/aromatic N) is 2. The van der Waals surface area contributed by atoms with Crippen LogP contribution in [-0.2, 0) is 24.3 Å². The lowest BCUT2D eigenvalue weighted by molar-refractivity contribution is -0.131. The Balaban J connectivity index is 0.00000280. The van der Waals surface area contributed by atoms with Crippen LogP contribution in [0.3, 0.4) is 0 Å². The average Bonchev–Trinajstić information content (AvgIpc) is 3.15. The largest absolute Gasteiger partial charge is 0.356 e. The third kappa shape index (κ3) is 6.51. The predicted octanol–water partition coefficient (Wildman–Crippen LogP) is 3.33. The van der Waals surface area contributed by atoms with Crippen molar-refractivity contribution in [3.63, 3.8) is 0 Å². The average molecular weight is 492 g/mol. The van der Waals surface area contributed by atoms with E-state index in [-0.39, 0.29) is 29.9 Å². The number of guanidine groups is 1. The van der Waals surface area contributed by atoms with Crippen molar-refractivity contribution in [2.24, 2.45) is 4.99 Å². The van der Waals surface area contributed by atoms with Crippen molar-refractivity contribution < 1.29 is 4.79 Å². The van der Waals surface area contributed by atoms with E-state index in [1.54, 1.807) is 7.05 Å². The van der Waals surface area contributed by atoms with Gasteiger partial charge in [0.1, 0.15) is 0 Å². The molecule has 1 heterocycles. The van der Waals surface area contributed by atoms with Crippen molar-refractivity contribution in [3.8, 4) is 0 Å². The maximum absolute atomic E-state index is 12.4. The van der Waals surface area contributed by atoms with Crippen molar-refractivity contribution in [1.29, 1.82) is 0 Å². The molecule has 1 aliphatic rings. The molecule has 6 heteroatoms. The lowest BCUT2D eigenvalue weighted by Crippen LogP contribution is -2.39. The monoisotopic (exact) mass is 492 g/mol. The van der Waals surface area contributed by atoms with Gasteiger partial charge in [-0.15, -0.1) is 24.0 Å². The highest BCUT2D eigenvalue weighted by Crippen LogP contribution is 2.22. The summed E-state index contributed by atoms with van der Waals surface area (Å²) in [6.45, 7) is 3.04. The maximum atomic E-state index is 12.4. The van der Waals surface area contributed by atoms with Gasteiger partial charge in [-0.2, -0.15) is 0 Å². The van der Waals surface area contributed by atoms with Gasteiger partial charge in [-0.3, -0.25) is 9.79 Å². The molecule has 2 aromatic carbocycles. The van der Waals surface area contributed by atoms with Crippen molar-refractivity contribution in [2.45, 2.75) is 32.4 Å². The number of fused-ring (bicyclic) bond motifs is 1. The van der Waals surface area contributed by atoms with Gasteiger partial charge in [-0.05, 0) is 29.5 Å². The molecule has 2 N–H and O–H groups in total. The molecule has 1 amide bonds. The summed E-state index contributed by atoms with van der Waals surface area (Å²) in [5.41, 5.74) is 3.84. The number of halogens is 1. The summed E-state index contributed by atoms with van der Waals surface area (Å²) >= 11 is 0. The highest BCUT2D eigenvalue weighted by atomic mass is 127. The molecule has 0 aliphatic carbocycles. The molecule has 0 atom stereocenters. The number of rotatable bonds is 7. The van der Waals surface area contributed by atoms with Gasteiger partial charge >= 0.3 is 0 Å². The van der Waals surface area contributed by atoms with Crippen LogP contribution in [0, 0.1) is 0 Å². The second kappa shape index (κ2) is 11.7. The second-order valence-corrected chi connectivity index (χ2v) is 6.78. The van der Waals surface area contributed by atoms with E-state index in [0.717, 1.165) is 45.0 Å². The first kappa shape index (κ1) is 22.2. The first-order valence-electron chi connectivity index (χ1n) is 9.59. The number of benzene rings is 2. The minimum Gasteiger partial charge on any atom is -0.356 e. The zero-order valence-electron chi connectivity index (χ0n) is 16.4. The fourth-order valence-electron chi connectivity index (χ4n) is 3.30. The summed E-state index contributed by atoms with van der Waals surface area (Å²) in [6, 6.07) is 18.7. The number of amides is 1. The van der Waals surface area contributed by atoms with Gasteiger partial charge in [0.15, 0.2) is 5.96 Å². The highest BCUT2D eigenvalue weighted by molar-refractivity contribution is 14.0. The van der Waals surface area contributed by atoms with Gasteiger partial charge in [0.2, 0.25) is 5.91 Å². The molecule has 28 heavy (non-hydrogen) atoms. The lowest BCUT2D eigenvalue weighted by atomic mass is 10.1. The first-order valence-corrected chi connectivity index (χ1v) is 9.59. The Hall–Kier alpha value is -2.09. The summed E-state index contributed by atoms with van der Waals surface area (Å²) in [5.74, 6) is 1.01. The molecule has 0 saturated heterocycles. The molecule has 1 aliphatic heterocycles. The number of hydrogen-bond acceptors (Lipinski definition) is 2. The van der Waals surface area contributed by atoms with Gasteiger partial charge < -0.3 is 15.5 Å². The topological polar surface area (TPSA) is 56.7 Å². The van der Waals surface area contributed by atoms with Crippen molar-refractivity contribution in [2.75, 3.05) is 20.1 Å². The zero-order chi connectivity index (χ0) is 18.9. The molecule has 150 valence electrons. The molecule has 0 aromatic heterocycles. The van der Waals surface area contributed by atoms with Gasteiger partial charge in [-0.1, -0.05) is 54.6 Å². The van der Waals surface area contributed by atoms with Gasteiger partial charge in [-0.25, -0.2) is 0 Å². The summed E-state index contributed by atoms with van der Waals surface area (Å²) in [7, 11) is 1.77. The Labute approximate surface area is 184 Å². The fraction of sp³-hybridized carbons (Fsp3) is 0.364.